The van der Waals surface area contributed by atoms with Crippen molar-refractivity contribution in [1.29, 1.82) is 0 Å². The van der Waals surface area contributed by atoms with Crippen LogP contribution in [0.4, 0.5) is 0 Å². The van der Waals surface area contributed by atoms with Crippen LogP contribution in [0.1, 0.15) is 36.4 Å². The van der Waals surface area contributed by atoms with Crippen LogP contribution in [0, 0.1) is 5.92 Å². The molecule has 2 rings (SSSR count). The maximum absolute atomic E-state index is 12.2. The van der Waals surface area contributed by atoms with Gasteiger partial charge in [0.15, 0.2) is 4.88 Å². The van der Waals surface area contributed by atoms with Gasteiger partial charge in [0, 0.05) is 5.56 Å². The number of esters is 1. The molecule has 0 saturated carbocycles. The smallest absolute Gasteiger partial charge is 0.352 e. The molecule has 5 nitrogen and oxygen atoms in total. The average Bonchev–Trinajstić information content (AvgIpc) is 3.04. The van der Waals surface area contributed by atoms with Gasteiger partial charge in [0.1, 0.15) is 11.4 Å². The zero-order chi connectivity index (χ0) is 15.9. The summed E-state index contributed by atoms with van der Waals surface area (Å²) < 4.78 is 14.3. The molecule has 22 heavy (non-hydrogen) atoms. The number of carbonyl (C=O) groups is 1. The van der Waals surface area contributed by atoms with Crippen molar-refractivity contribution in [1.82, 2.24) is 9.59 Å². The van der Waals surface area contributed by atoms with Crippen molar-refractivity contribution in [3.05, 3.63) is 29.1 Å². The number of nitrogens with zero attached hydrogens (tertiary/aromatic N) is 2. The standard InChI is InChI=1S/C16H20N2O3S/c1-4-11(2)9-10-21-16(19)15-14(17-18-22-15)12-5-7-13(20-3)8-6-12/h5-8,11H,4,9-10H2,1-3H3. The molecule has 0 aliphatic rings. The summed E-state index contributed by atoms with van der Waals surface area (Å²) in [7, 11) is 1.61. The van der Waals surface area contributed by atoms with E-state index in [-0.39, 0.29) is 5.97 Å². The van der Waals surface area contributed by atoms with E-state index in [4.69, 9.17) is 9.47 Å². The second kappa shape index (κ2) is 7.89. The highest BCUT2D eigenvalue weighted by Crippen LogP contribution is 2.26. The summed E-state index contributed by atoms with van der Waals surface area (Å²) in [6, 6.07) is 7.36. The number of benzene rings is 1. The highest BCUT2D eigenvalue weighted by molar-refractivity contribution is 7.08. The van der Waals surface area contributed by atoms with Crippen molar-refractivity contribution >= 4 is 17.5 Å². The Hall–Kier alpha value is -1.95. The monoisotopic (exact) mass is 320 g/mol. The minimum Gasteiger partial charge on any atom is -0.497 e. The summed E-state index contributed by atoms with van der Waals surface area (Å²) in [5.41, 5.74) is 1.38. The van der Waals surface area contributed by atoms with Crippen LogP contribution < -0.4 is 4.74 Å². The highest BCUT2D eigenvalue weighted by atomic mass is 32.1. The van der Waals surface area contributed by atoms with Crippen LogP contribution in [-0.4, -0.2) is 29.3 Å². The zero-order valence-electron chi connectivity index (χ0n) is 13.0. The molecule has 0 saturated heterocycles. The van der Waals surface area contributed by atoms with Crippen molar-refractivity contribution in [3.8, 4) is 17.0 Å². The normalized spacial score (nSPS) is 12.0. The molecule has 0 amide bonds. The summed E-state index contributed by atoms with van der Waals surface area (Å²) in [6.07, 6.45) is 1.95. The Kier molecular flexibility index (Phi) is 5.89. The zero-order valence-corrected chi connectivity index (χ0v) is 13.9. The molecule has 0 radical (unpaired) electrons. The second-order valence-corrected chi connectivity index (χ2v) is 5.87. The summed E-state index contributed by atoms with van der Waals surface area (Å²) in [4.78, 5) is 12.6. The van der Waals surface area contributed by atoms with Gasteiger partial charge in [0.25, 0.3) is 0 Å². The van der Waals surface area contributed by atoms with Gasteiger partial charge in [-0.3, -0.25) is 0 Å². The molecule has 0 aliphatic heterocycles. The van der Waals surface area contributed by atoms with Gasteiger partial charge in [-0.25, -0.2) is 4.79 Å². The van der Waals surface area contributed by atoms with E-state index in [1.54, 1.807) is 7.11 Å². The molecule has 6 heteroatoms. The lowest BCUT2D eigenvalue weighted by molar-refractivity contribution is 0.0491. The molecule has 118 valence electrons. The van der Waals surface area contributed by atoms with E-state index in [0.717, 1.165) is 35.7 Å². The molecule has 0 fully saturated rings. The van der Waals surface area contributed by atoms with Crippen LogP contribution in [0.2, 0.25) is 0 Å². The first-order valence-electron chi connectivity index (χ1n) is 7.29. The van der Waals surface area contributed by atoms with Crippen LogP contribution in [0.15, 0.2) is 24.3 Å². The third-order valence-electron chi connectivity index (χ3n) is 3.58. The SMILES string of the molecule is CCC(C)CCOC(=O)c1snnc1-c1ccc(OC)cc1. The third-order valence-corrected chi connectivity index (χ3v) is 4.28. The van der Waals surface area contributed by atoms with Gasteiger partial charge in [0.05, 0.1) is 13.7 Å². The molecular weight excluding hydrogens is 300 g/mol. The average molecular weight is 320 g/mol. The van der Waals surface area contributed by atoms with E-state index < -0.39 is 0 Å². The molecule has 0 bridgehead atoms. The Morgan fingerprint density at radius 1 is 1.32 bits per heavy atom. The molecular formula is C16H20N2O3S. The number of carbonyl (C=O) groups excluding carboxylic acids is 1. The number of hydrogen-bond donors (Lipinski definition) is 0. The largest absolute Gasteiger partial charge is 0.497 e. The predicted octanol–water partition coefficient (Wildman–Crippen LogP) is 3.81. The predicted molar refractivity (Wildman–Crippen MR) is 86.3 cm³/mol. The van der Waals surface area contributed by atoms with Crippen molar-refractivity contribution in [2.45, 2.75) is 26.7 Å². The van der Waals surface area contributed by atoms with Crippen LogP contribution in [-0.2, 0) is 4.74 Å². The molecule has 1 unspecified atom stereocenters. The number of hydrogen-bond acceptors (Lipinski definition) is 6. The summed E-state index contributed by atoms with van der Waals surface area (Å²) in [5, 5.41) is 4.05. The van der Waals surface area contributed by atoms with Gasteiger partial charge in [-0.05, 0) is 48.1 Å². The number of aromatic nitrogens is 2. The van der Waals surface area contributed by atoms with Gasteiger partial charge < -0.3 is 9.47 Å². The first kappa shape index (κ1) is 16.4. The van der Waals surface area contributed by atoms with E-state index in [1.807, 2.05) is 24.3 Å². The molecule has 0 spiro atoms. The quantitative estimate of drug-likeness (QED) is 0.726. The maximum Gasteiger partial charge on any atom is 0.352 e. The molecule has 1 atom stereocenters. The summed E-state index contributed by atoms with van der Waals surface area (Å²) in [5.74, 6) is 0.946. The van der Waals surface area contributed by atoms with E-state index in [0.29, 0.717) is 23.1 Å². The van der Waals surface area contributed by atoms with E-state index >= 15 is 0 Å². The fourth-order valence-electron chi connectivity index (χ4n) is 1.88. The Labute approximate surface area is 134 Å². The van der Waals surface area contributed by atoms with Gasteiger partial charge in [-0.1, -0.05) is 24.8 Å². The summed E-state index contributed by atoms with van der Waals surface area (Å²) in [6.45, 7) is 4.69. The van der Waals surface area contributed by atoms with Gasteiger partial charge in [-0.2, -0.15) is 0 Å². The highest BCUT2D eigenvalue weighted by Gasteiger charge is 2.19. The number of ether oxygens (including phenoxy) is 2. The first-order valence-corrected chi connectivity index (χ1v) is 8.07. The van der Waals surface area contributed by atoms with Crippen LogP contribution in [0.3, 0.4) is 0 Å². The lowest BCUT2D eigenvalue weighted by Crippen LogP contribution is -2.08. The third kappa shape index (κ3) is 4.04. The van der Waals surface area contributed by atoms with Crippen LogP contribution in [0.5, 0.6) is 5.75 Å². The lowest BCUT2D eigenvalue weighted by Gasteiger charge is -2.08. The maximum atomic E-state index is 12.2. The van der Waals surface area contributed by atoms with E-state index in [2.05, 4.69) is 23.4 Å². The van der Waals surface area contributed by atoms with Gasteiger partial charge in [-0.15, -0.1) is 5.10 Å². The van der Waals surface area contributed by atoms with Gasteiger partial charge in [0.2, 0.25) is 0 Å². The van der Waals surface area contributed by atoms with E-state index in [9.17, 15) is 4.79 Å². The van der Waals surface area contributed by atoms with Crippen molar-refractivity contribution in [2.24, 2.45) is 5.92 Å². The number of methoxy groups -OCH3 is 1. The molecule has 2 aromatic rings. The topological polar surface area (TPSA) is 61.3 Å². The Morgan fingerprint density at radius 3 is 2.68 bits per heavy atom. The molecule has 0 aliphatic carbocycles. The van der Waals surface area contributed by atoms with Crippen LogP contribution in [0.25, 0.3) is 11.3 Å². The van der Waals surface area contributed by atoms with Crippen molar-refractivity contribution < 1.29 is 14.3 Å². The minimum absolute atomic E-state index is 0.357. The van der Waals surface area contributed by atoms with Crippen molar-refractivity contribution in [3.63, 3.8) is 0 Å². The second-order valence-electron chi connectivity index (χ2n) is 5.12. The molecule has 1 aromatic heterocycles. The molecule has 0 N–H and O–H groups in total. The fraction of sp³-hybridized carbons (Fsp3) is 0.438. The van der Waals surface area contributed by atoms with E-state index in [1.165, 1.54) is 0 Å². The molecule has 1 heterocycles. The number of rotatable bonds is 7. The minimum atomic E-state index is -0.357. The first-order chi connectivity index (χ1) is 10.7. The summed E-state index contributed by atoms with van der Waals surface area (Å²) >= 11 is 1.06. The fourth-order valence-corrected chi connectivity index (χ4v) is 2.47. The van der Waals surface area contributed by atoms with Crippen molar-refractivity contribution in [2.75, 3.05) is 13.7 Å². The Bertz CT molecular complexity index is 610. The lowest BCUT2D eigenvalue weighted by atomic mass is 10.1. The Balaban J connectivity index is 2.06. The van der Waals surface area contributed by atoms with Gasteiger partial charge >= 0.3 is 5.97 Å². The molecule has 1 aromatic carbocycles. The van der Waals surface area contributed by atoms with Crippen LogP contribution >= 0.6 is 11.5 Å². The Morgan fingerprint density at radius 2 is 2.05 bits per heavy atom.